The molecule has 0 aliphatic carbocycles. The first-order valence-corrected chi connectivity index (χ1v) is 9.98. The van der Waals surface area contributed by atoms with Crippen molar-refractivity contribution in [3.63, 3.8) is 0 Å². The molecule has 0 N–H and O–H groups in total. The Labute approximate surface area is 160 Å². The maximum atomic E-state index is 12.1. The quantitative estimate of drug-likeness (QED) is 0.541. The van der Waals surface area contributed by atoms with Crippen LogP contribution in [0.5, 0.6) is 0 Å². The first kappa shape index (κ1) is 18.5. The molecular formula is C19H17NO4S2. The van der Waals surface area contributed by atoms with Gasteiger partial charge in [-0.1, -0.05) is 30.0 Å². The van der Waals surface area contributed by atoms with Crippen LogP contribution in [0, 0.1) is 0 Å². The lowest BCUT2D eigenvalue weighted by atomic mass is 10.2. The molecule has 0 radical (unpaired) electrons. The molecule has 0 spiro atoms. The molecule has 0 atom stereocenters. The fourth-order valence-electron chi connectivity index (χ4n) is 2.19. The van der Waals surface area contributed by atoms with E-state index >= 15 is 0 Å². The Morgan fingerprint density at radius 2 is 1.73 bits per heavy atom. The van der Waals surface area contributed by atoms with Crippen LogP contribution in [-0.4, -0.2) is 30.1 Å². The second-order valence-corrected chi connectivity index (χ2v) is 7.20. The molecule has 2 aromatic rings. The number of carbonyl (C=O) groups excluding carboxylic acids is 2. The summed E-state index contributed by atoms with van der Waals surface area (Å²) in [6.07, 6.45) is 1.99. The minimum Gasteiger partial charge on any atom is -0.462 e. The van der Waals surface area contributed by atoms with Crippen molar-refractivity contribution in [2.24, 2.45) is 0 Å². The van der Waals surface area contributed by atoms with Gasteiger partial charge in [-0.15, -0.1) is 11.8 Å². The van der Waals surface area contributed by atoms with Crippen molar-refractivity contribution in [1.82, 2.24) is 4.98 Å². The Morgan fingerprint density at radius 1 is 1.00 bits per heavy atom. The largest absolute Gasteiger partial charge is 0.462 e. The van der Waals surface area contributed by atoms with Crippen LogP contribution in [0.25, 0.3) is 0 Å². The molecule has 0 bridgehead atoms. The Morgan fingerprint density at radius 3 is 2.50 bits per heavy atom. The maximum Gasteiger partial charge on any atom is 0.339 e. The molecular weight excluding hydrogens is 370 g/mol. The third-order valence-corrected chi connectivity index (χ3v) is 5.32. The number of hydrogen-bond acceptors (Lipinski definition) is 7. The summed E-state index contributed by atoms with van der Waals surface area (Å²) in [5, 5.41) is 4.00. The lowest BCUT2D eigenvalue weighted by molar-refractivity contribution is 0.0395. The number of pyridine rings is 1. The van der Waals surface area contributed by atoms with Gasteiger partial charge in [0.05, 0.1) is 30.0 Å². The summed E-state index contributed by atoms with van der Waals surface area (Å²) >= 11 is 3.22. The molecule has 0 saturated carbocycles. The van der Waals surface area contributed by atoms with Gasteiger partial charge in [0.2, 0.25) is 0 Å². The Balaban J connectivity index is 1.42. The van der Waals surface area contributed by atoms with Gasteiger partial charge in [-0.05, 0) is 29.0 Å². The van der Waals surface area contributed by atoms with Crippen LogP contribution in [0.1, 0.15) is 32.8 Å². The van der Waals surface area contributed by atoms with Gasteiger partial charge in [-0.3, -0.25) is 4.98 Å². The lowest BCUT2D eigenvalue weighted by Gasteiger charge is -2.08. The third-order valence-electron chi connectivity index (χ3n) is 3.50. The SMILES string of the molecule is O=C(OCCCOC(=O)c1cnc2c(c1)SC=CSC2)c1ccccc1. The number of ether oxygens (including phenoxy) is 2. The average molecular weight is 387 g/mol. The van der Waals surface area contributed by atoms with Crippen LogP contribution in [0.2, 0.25) is 0 Å². The van der Waals surface area contributed by atoms with Gasteiger partial charge < -0.3 is 9.47 Å². The highest BCUT2D eigenvalue weighted by molar-refractivity contribution is 8.05. The van der Waals surface area contributed by atoms with Crippen LogP contribution in [-0.2, 0) is 15.2 Å². The summed E-state index contributed by atoms with van der Waals surface area (Å²) in [5.74, 6) is -0.00740. The summed E-state index contributed by atoms with van der Waals surface area (Å²) in [7, 11) is 0. The molecule has 1 aromatic heterocycles. The van der Waals surface area contributed by atoms with E-state index in [0.29, 0.717) is 17.5 Å². The molecule has 0 unspecified atom stereocenters. The number of fused-ring (bicyclic) bond motifs is 1. The molecule has 1 aromatic carbocycles. The summed E-state index contributed by atoms with van der Waals surface area (Å²) in [6, 6.07) is 10.6. The van der Waals surface area contributed by atoms with Gasteiger partial charge in [0.15, 0.2) is 0 Å². The van der Waals surface area contributed by atoms with Gasteiger partial charge in [0.25, 0.3) is 0 Å². The molecule has 1 aliphatic rings. The number of rotatable bonds is 6. The van der Waals surface area contributed by atoms with E-state index in [1.54, 1.807) is 60.1 Å². The topological polar surface area (TPSA) is 65.5 Å². The fraction of sp³-hybridized carbons (Fsp3) is 0.211. The van der Waals surface area contributed by atoms with E-state index in [1.165, 1.54) is 0 Å². The molecule has 7 heteroatoms. The smallest absolute Gasteiger partial charge is 0.339 e. The van der Waals surface area contributed by atoms with Gasteiger partial charge in [-0.25, -0.2) is 9.59 Å². The molecule has 134 valence electrons. The Hall–Kier alpha value is -2.25. The van der Waals surface area contributed by atoms with Gasteiger partial charge in [-0.2, -0.15) is 0 Å². The lowest BCUT2D eigenvalue weighted by Crippen LogP contribution is -2.11. The van der Waals surface area contributed by atoms with E-state index in [2.05, 4.69) is 4.98 Å². The predicted molar refractivity (Wildman–Crippen MR) is 102 cm³/mol. The monoisotopic (exact) mass is 387 g/mol. The predicted octanol–water partition coefficient (Wildman–Crippen LogP) is 4.30. The van der Waals surface area contributed by atoms with Crippen molar-refractivity contribution in [3.8, 4) is 0 Å². The minimum atomic E-state index is -0.420. The van der Waals surface area contributed by atoms with Crippen molar-refractivity contribution in [3.05, 3.63) is 70.2 Å². The van der Waals surface area contributed by atoms with Crippen LogP contribution in [0.15, 0.2) is 58.3 Å². The third kappa shape index (κ3) is 5.12. The number of esters is 2. The van der Waals surface area contributed by atoms with Gasteiger partial charge in [0, 0.05) is 23.3 Å². The van der Waals surface area contributed by atoms with Crippen molar-refractivity contribution in [1.29, 1.82) is 0 Å². The standard InChI is InChI=1S/C19H17NO4S2/c21-18(14-5-2-1-3-6-14)23-7-4-8-24-19(22)15-11-17-16(20-12-15)13-25-9-10-26-17/h1-3,5-6,9-12H,4,7-8,13H2. The molecule has 5 nitrogen and oxygen atoms in total. The van der Waals surface area contributed by atoms with E-state index in [0.717, 1.165) is 16.3 Å². The zero-order chi connectivity index (χ0) is 18.2. The first-order valence-electron chi connectivity index (χ1n) is 8.05. The van der Waals surface area contributed by atoms with Crippen molar-refractivity contribution in [2.75, 3.05) is 13.2 Å². The van der Waals surface area contributed by atoms with Crippen LogP contribution >= 0.6 is 23.5 Å². The molecule has 3 rings (SSSR count). The number of nitrogens with zero attached hydrogens (tertiary/aromatic N) is 1. The highest BCUT2D eigenvalue weighted by atomic mass is 32.2. The summed E-state index contributed by atoms with van der Waals surface area (Å²) in [4.78, 5) is 29.2. The second-order valence-electron chi connectivity index (χ2n) is 5.36. The second kappa shape index (κ2) is 9.45. The number of aromatic nitrogens is 1. The molecule has 0 fully saturated rings. The van der Waals surface area contributed by atoms with E-state index in [1.807, 2.05) is 16.9 Å². The van der Waals surface area contributed by atoms with E-state index in [-0.39, 0.29) is 19.2 Å². The van der Waals surface area contributed by atoms with E-state index < -0.39 is 5.97 Å². The summed E-state index contributed by atoms with van der Waals surface area (Å²) in [5.41, 5.74) is 1.90. The van der Waals surface area contributed by atoms with Crippen molar-refractivity contribution in [2.45, 2.75) is 17.1 Å². The molecule has 2 heterocycles. The fourth-order valence-corrected chi connectivity index (χ4v) is 3.91. The molecule has 0 saturated heterocycles. The number of thioether (sulfide) groups is 2. The highest BCUT2D eigenvalue weighted by Crippen LogP contribution is 2.31. The number of benzene rings is 1. The zero-order valence-electron chi connectivity index (χ0n) is 13.9. The van der Waals surface area contributed by atoms with E-state index in [4.69, 9.17) is 9.47 Å². The van der Waals surface area contributed by atoms with Crippen LogP contribution < -0.4 is 0 Å². The van der Waals surface area contributed by atoms with Gasteiger partial charge >= 0.3 is 11.9 Å². The van der Waals surface area contributed by atoms with E-state index in [9.17, 15) is 9.59 Å². The van der Waals surface area contributed by atoms with Crippen LogP contribution in [0.3, 0.4) is 0 Å². The first-order chi connectivity index (χ1) is 12.7. The van der Waals surface area contributed by atoms with Gasteiger partial charge in [0.1, 0.15) is 0 Å². The summed E-state index contributed by atoms with van der Waals surface area (Å²) < 4.78 is 10.4. The molecule has 1 aliphatic heterocycles. The number of carbonyl (C=O) groups is 2. The Kier molecular flexibility index (Phi) is 6.74. The highest BCUT2D eigenvalue weighted by Gasteiger charge is 2.13. The number of hydrogen-bond donors (Lipinski definition) is 0. The molecule has 26 heavy (non-hydrogen) atoms. The van der Waals surface area contributed by atoms with Crippen LogP contribution in [0.4, 0.5) is 0 Å². The Bertz CT molecular complexity index is 808. The normalized spacial score (nSPS) is 12.8. The van der Waals surface area contributed by atoms with Crippen molar-refractivity contribution < 1.29 is 19.1 Å². The average Bonchev–Trinajstić information content (AvgIpc) is 2.92. The van der Waals surface area contributed by atoms with Crippen molar-refractivity contribution >= 4 is 35.5 Å². The zero-order valence-corrected chi connectivity index (χ0v) is 15.6. The maximum absolute atomic E-state index is 12.1. The minimum absolute atomic E-state index is 0.181. The summed E-state index contributed by atoms with van der Waals surface area (Å²) in [6.45, 7) is 0.377. The molecule has 0 amide bonds.